The number of aryl methyl sites for hydroxylation is 1. The van der Waals surface area contributed by atoms with Crippen LogP contribution in [0, 0.1) is 6.92 Å². The summed E-state index contributed by atoms with van der Waals surface area (Å²) in [5.74, 6) is 1.84. The zero-order valence-electron chi connectivity index (χ0n) is 14.5. The van der Waals surface area contributed by atoms with E-state index in [1.165, 1.54) is 16.0 Å². The summed E-state index contributed by atoms with van der Waals surface area (Å²) in [6.07, 6.45) is 0. The molecule has 0 radical (unpaired) electrons. The van der Waals surface area contributed by atoms with Gasteiger partial charge in [-0.3, -0.25) is 4.99 Å². The molecule has 2 aromatic carbocycles. The summed E-state index contributed by atoms with van der Waals surface area (Å²) in [4.78, 5) is 5.86. The van der Waals surface area contributed by atoms with Crippen molar-refractivity contribution in [1.29, 1.82) is 0 Å². The van der Waals surface area contributed by atoms with E-state index < -0.39 is 0 Å². The second kappa shape index (κ2) is 6.15. The van der Waals surface area contributed by atoms with Gasteiger partial charge in [-0.1, -0.05) is 24.3 Å². The number of benzene rings is 2. The zero-order valence-corrected chi connectivity index (χ0v) is 15.3. The van der Waals surface area contributed by atoms with Crippen molar-refractivity contribution in [2.75, 3.05) is 13.1 Å². The molecule has 0 saturated carbocycles. The molecule has 3 nitrogen and oxygen atoms in total. The first-order chi connectivity index (χ1) is 12.8. The normalized spacial score (nSPS) is 13.8. The van der Waals surface area contributed by atoms with E-state index >= 15 is 0 Å². The van der Waals surface area contributed by atoms with Crippen LogP contribution in [0.3, 0.4) is 0 Å². The minimum atomic E-state index is 0.827. The molecule has 0 atom stereocenters. The number of hydrogen-bond donors (Lipinski definition) is 1. The quantitative estimate of drug-likeness (QED) is 0.526. The molecule has 2 aromatic heterocycles. The van der Waals surface area contributed by atoms with Crippen LogP contribution in [0.5, 0.6) is 0 Å². The highest BCUT2D eigenvalue weighted by atomic mass is 32.1. The molecule has 128 valence electrons. The van der Waals surface area contributed by atoms with E-state index in [4.69, 9.17) is 4.42 Å². The SMILES string of the molecule is Cc1csc(-c2ccc3oc(-c4ccccc4C4=NCCN4)cc3c2)c1. The van der Waals surface area contributed by atoms with Gasteiger partial charge in [0.05, 0.1) is 6.54 Å². The largest absolute Gasteiger partial charge is 0.456 e. The maximum absolute atomic E-state index is 6.17. The van der Waals surface area contributed by atoms with E-state index in [2.05, 4.69) is 65.1 Å². The van der Waals surface area contributed by atoms with Gasteiger partial charge in [-0.25, -0.2) is 0 Å². The first kappa shape index (κ1) is 15.4. The van der Waals surface area contributed by atoms with Gasteiger partial charge in [0.25, 0.3) is 0 Å². The van der Waals surface area contributed by atoms with Gasteiger partial charge in [0.1, 0.15) is 17.2 Å². The third kappa shape index (κ3) is 2.63. The van der Waals surface area contributed by atoms with Crippen molar-refractivity contribution >= 4 is 28.1 Å². The van der Waals surface area contributed by atoms with E-state index in [0.29, 0.717) is 0 Å². The van der Waals surface area contributed by atoms with Gasteiger partial charge in [-0.2, -0.15) is 0 Å². The van der Waals surface area contributed by atoms with Crippen molar-refractivity contribution in [2.45, 2.75) is 6.92 Å². The Morgan fingerprint density at radius 3 is 2.69 bits per heavy atom. The zero-order chi connectivity index (χ0) is 17.5. The molecule has 0 bridgehead atoms. The van der Waals surface area contributed by atoms with Crippen LogP contribution in [-0.2, 0) is 0 Å². The molecule has 5 rings (SSSR count). The molecular weight excluding hydrogens is 340 g/mol. The fourth-order valence-corrected chi connectivity index (χ4v) is 4.29. The molecule has 1 N–H and O–H groups in total. The Kier molecular flexibility index (Phi) is 3.64. The van der Waals surface area contributed by atoms with Gasteiger partial charge < -0.3 is 9.73 Å². The van der Waals surface area contributed by atoms with Crippen LogP contribution >= 0.6 is 11.3 Å². The van der Waals surface area contributed by atoms with Crippen LogP contribution in [-0.4, -0.2) is 18.9 Å². The van der Waals surface area contributed by atoms with Gasteiger partial charge in [0.2, 0.25) is 0 Å². The summed E-state index contributed by atoms with van der Waals surface area (Å²) in [5, 5.41) is 6.67. The average molecular weight is 358 g/mol. The minimum absolute atomic E-state index is 0.827. The molecule has 1 aliphatic heterocycles. The van der Waals surface area contributed by atoms with Gasteiger partial charge in [-0.05, 0) is 53.8 Å². The molecule has 0 spiro atoms. The van der Waals surface area contributed by atoms with Crippen LogP contribution in [0.15, 0.2) is 69.4 Å². The van der Waals surface area contributed by atoms with Gasteiger partial charge >= 0.3 is 0 Å². The Bertz CT molecular complexity index is 1140. The highest BCUT2D eigenvalue weighted by Gasteiger charge is 2.16. The summed E-state index contributed by atoms with van der Waals surface area (Å²) >= 11 is 1.78. The standard InChI is InChI=1S/C22H18N2OS/c1-14-10-21(26-13-14)15-6-7-19-16(11-15)12-20(25-19)17-4-2-3-5-18(17)22-23-8-9-24-22/h2-7,10-13H,8-9H2,1H3,(H,23,24). The van der Waals surface area contributed by atoms with E-state index in [1.54, 1.807) is 11.3 Å². The van der Waals surface area contributed by atoms with Crippen molar-refractivity contribution in [3.05, 3.63) is 71.1 Å². The van der Waals surface area contributed by atoms with Crippen LogP contribution in [0.1, 0.15) is 11.1 Å². The lowest BCUT2D eigenvalue weighted by molar-refractivity contribution is 0.631. The molecule has 4 heteroatoms. The van der Waals surface area contributed by atoms with Gasteiger partial charge in [0.15, 0.2) is 0 Å². The molecular formula is C22H18N2OS. The fourth-order valence-electron chi connectivity index (χ4n) is 3.39. The molecule has 3 heterocycles. The second-order valence-corrected chi connectivity index (χ2v) is 7.47. The number of furan rings is 1. The average Bonchev–Trinajstić information content (AvgIpc) is 3.41. The van der Waals surface area contributed by atoms with E-state index in [9.17, 15) is 0 Å². The maximum Gasteiger partial charge on any atom is 0.136 e. The van der Waals surface area contributed by atoms with Crippen LogP contribution in [0.25, 0.3) is 32.7 Å². The summed E-state index contributed by atoms with van der Waals surface area (Å²) in [6, 6.07) is 19.1. The lowest BCUT2D eigenvalue weighted by Gasteiger charge is -2.07. The molecule has 0 aliphatic carbocycles. The molecule has 26 heavy (non-hydrogen) atoms. The number of hydrogen-bond acceptors (Lipinski definition) is 4. The lowest BCUT2D eigenvalue weighted by Crippen LogP contribution is -2.20. The molecule has 0 unspecified atom stereocenters. The third-order valence-electron chi connectivity index (χ3n) is 4.65. The second-order valence-electron chi connectivity index (χ2n) is 6.55. The summed E-state index contributed by atoms with van der Waals surface area (Å²) in [7, 11) is 0. The van der Waals surface area contributed by atoms with E-state index in [0.717, 1.165) is 46.8 Å². The van der Waals surface area contributed by atoms with Crippen molar-refractivity contribution in [1.82, 2.24) is 5.32 Å². The smallest absolute Gasteiger partial charge is 0.136 e. The molecule has 0 saturated heterocycles. The number of amidine groups is 1. The first-order valence-corrected chi connectivity index (χ1v) is 9.63. The van der Waals surface area contributed by atoms with Gasteiger partial charge in [-0.15, -0.1) is 11.3 Å². The maximum atomic E-state index is 6.17. The van der Waals surface area contributed by atoms with Crippen LogP contribution < -0.4 is 5.32 Å². The monoisotopic (exact) mass is 358 g/mol. The van der Waals surface area contributed by atoms with E-state index in [-0.39, 0.29) is 0 Å². The van der Waals surface area contributed by atoms with Gasteiger partial charge in [0, 0.05) is 27.9 Å². The summed E-state index contributed by atoms with van der Waals surface area (Å²) < 4.78 is 6.17. The Morgan fingerprint density at radius 2 is 1.92 bits per heavy atom. The Labute approximate surface area is 156 Å². The van der Waals surface area contributed by atoms with Crippen molar-refractivity contribution in [3.8, 4) is 21.8 Å². The fraction of sp³-hybridized carbons (Fsp3) is 0.136. The summed E-state index contributed by atoms with van der Waals surface area (Å²) in [5.41, 5.74) is 5.62. The molecule has 0 fully saturated rings. The summed E-state index contributed by atoms with van der Waals surface area (Å²) in [6.45, 7) is 3.85. The van der Waals surface area contributed by atoms with Crippen LogP contribution in [0.4, 0.5) is 0 Å². The number of fused-ring (bicyclic) bond motifs is 1. The van der Waals surface area contributed by atoms with Crippen molar-refractivity contribution < 1.29 is 4.42 Å². The minimum Gasteiger partial charge on any atom is -0.456 e. The topological polar surface area (TPSA) is 37.5 Å². The highest BCUT2D eigenvalue weighted by Crippen LogP contribution is 2.34. The number of nitrogens with zero attached hydrogens (tertiary/aromatic N) is 1. The number of rotatable bonds is 3. The van der Waals surface area contributed by atoms with Crippen molar-refractivity contribution in [3.63, 3.8) is 0 Å². The number of thiophene rings is 1. The molecule has 0 amide bonds. The first-order valence-electron chi connectivity index (χ1n) is 8.75. The predicted octanol–water partition coefficient (Wildman–Crippen LogP) is 5.49. The highest BCUT2D eigenvalue weighted by molar-refractivity contribution is 7.13. The number of nitrogens with one attached hydrogen (secondary N) is 1. The predicted molar refractivity (Wildman–Crippen MR) is 109 cm³/mol. The Balaban J connectivity index is 1.61. The van der Waals surface area contributed by atoms with E-state index in [1.807, 2.05) is 12.1 Å². The van der Waals surface area contributed by atoms with Crippen LogP contribution in [0.2, 0.25) is 0 Å². The van der Waals surface area contributed by atoms with Crippen molar-refractivity contribution in [2.24, 2.45) is 4.99 Å². The lowest BCUT2D eigenvalue weighted by atomic mass is 10.0. The Hall–Kier alpha value is -2.85. The number of aliphatic imine (C=N–C) groups is 1. The molecule has 4 aromatic rings. The molecule has 1 aliphatic rings. The Morgan fingerprint density at radius 1 is 1.04 bits per heavy atom. The third-order valence-corrected chi connectivity index (χ3v) is 5.75.